The maximum atomic E-state index is 12.0. The molecule has 0 saturated carbocycles. The molecule has 0 spiro atoms. The fourth-order valence-electron chi connectivity index (χ4n) is 2.00. The van der Waals surface area contributed by atoms with Crippen LogP contribution in [0.25, 0.3) is 10.9 Å². The number of alkyl halides is 1. The van der Waals surface area contributed by atoms with Crippen molar-refractivity contribution in [2.45, 2.75) is 12.4 Å². The van der Waals surface area contributed by atoms with Gasteiger partial charge in [0.1, 0.15) is 14.5 Å². The molecule has 1 atom stereocenters. The number of nitrogens with one attached hydrogen (secondary N) is 2. The number of rotatable bonds is 5. The maximum absolute atomic E-state index is 12.0. The molecule has 0 saturated heterocycles. The van der Waals surface area contributed by atoms with Crippen LogP contribution in [0.3, 0.4) is 0 Å². The summed E-state index contributed by atoms with van der Waals surface area (Å²) in [6.45, 7) is 0.127. The molecule has 16 heavy (non-hydrogen) atoms. The molecule has 1 unspecified atom stereocenters. The Morgan fingerprint density at radius 1 is 1.38 bits per heavy atom. The highest BCUT2D eigenvalue weighted by atomic mass is 19.1. The summed E-state index contributed by atoms with van der Waals surface area (Å²) in [6, 6.07) is 8.24. The van der Waals surface area contributed by atoms with E-state index in [0.717, 1.165) is 11.9 Å². The van der Waals surface area contributed by atoms with Gasteiger partial charge in [0.05, 0.1) is 0 Å². The topological polar surface area (TPSA) is 27.8 Å². The number of hydrogen-bond donors (Lipinski definition) is 2. The molecule has 1 aromatic carbocycles. The molecule has 0 amide bonds. The van der Waals surface area contributed by atoms with Crippen LogP contribution in [-0.4, -0.2) is 32.0 Å². The molecule has 2 N–H and O–H groups in total. The van der Waals surface area contributed by atoms with Crippen molar-refractivity contribution in [3.63, 3.8) is 0 Å². The lowest BCUT2D eigenvalue weighted by molar-refractivity contribution is 0.460. The number of aromatic nitrogens is 1. The van der Waals surface area contributed by atoms with Gasteiger partial charge < -0.3 is 10.3 Å². The zero-order valence-corrected chi connectivity index (χ0v) is 9.46. The predicted molar refractivity (Wildman–Crippen MR) is 68.3 cm³/mol. The van der Waals surface area contributed by atoms with Crippen molar-refractivity contribution in [2.75, 3.05) is 13.2 Å². The maximum Gasteiger partial charge on any atom is 0.123 e. The third-order valence-corrected chi connectivity index (χ3v) is 2.79. The summed E-state index contributed by atoms with van der Waals surface area (Å²) in [5.41, 5.74) is 2.45. The molecule has 2 nitrogen and oxygen atoms in total. The molecule has 4 heteroatoms. The monoisotopic (exact) mass is 218 g/mol. The Labute approximate surface area is 95.6 Å². The molecule has 1 heterocycles. The van der Waals surface area contributed by atoms with Gasteiger partial charge in [-0.1, -0.05) is 18.2 Å². The normalized spacial score (nSPS) is 13.1. The molecule has 0 fully saturated rings. The van der Waals surface area contributed by atoms with Crippen LogP contribution in [-0.2, 0) is 6.42 Å². The smallest absolute Gasteiger partial charge is 0.123 e. The van der Waals surface area contributed by atoms with Crippen LogP contribution < -0.4 is 5.32 Å². The molecule has 0 aliphatic heterocycles. The van der Waals surface area contributed by atoms with E-state index >= 15 is 0 Å². The summed E-state index contributed by atoms with van der Waals surface area (Å²) in [5.74, 6) is 0.301. The van der Waals surface area contributed by atoms with Gasteiger partial charge in [0.2, 0.25) is 0 Å². The second-order valence-corrected chi connectivity index (χ2v) is 4.11. The predicted octanol–water partition coefficient (Wildman–Crippen LogP) is 1.23. The summed E-state index contributed by atoms with van der Waals surface area (Å²) in [4.78, 5) is 3.25. The highest BCUT2D eigenvalue weighted by Crippen LogP contribution is 2.18. The Hall–Kier alpha value is -1.29. The lowest BCUT2D eigenvalue weighted by atomic mass is 9.89. The van der Waals surface area contributed by atoms with Gasteiger partial charge in [-0.15, -0.1) is 0 Å². The Kier molecular flexibility index (Phi) is 3.62. The lowest BCUT2D eigenvalue weighted by Gasteiger charge is -2.11. The van der Waals surface area contributed by atoms with E-state index in [2.05, 4.69) is 30.3 Å². The van der Waals surface area contributed by atoms with Gasteiger partial charge in [0, 0.05) is 23.6 Å². The second-order valence-electron chi connectivity index (χ2n) is 4.11. The molecule has 84 valence electrons. The Morgan fingerprint density at radius 2 is 2.19 bits per heavy atom. The van der Waals surface area contributed by atoms with E-state index in [1.165, 1.54) is 10.9 Å². The fraction of sp³-hybridized carbons (Fsp3) is 0.333. The van der Waals surface area contributed by atoms with Gasteiger partial charge in [0.15, 0.2) is 0 Å². The van der Waals surface area contributed by atoms with Crippen LogP contribution in [0.1, 0.15) is 5.56 Å². The van der Waals surface area contributed by atoms with Crippen molar-refractivity contribution in [1.82, 2.24) is 10.3 Å². The van der Waals surface area contributed by atoms with E-state index in [9.17, 15) is 4.39 Å². The van der Waals surface area contributed by atoms with E-state index in [0.29, 0.717) is 12.5 Å². The molecule has 0 bridgehead atoms. The standard InChI is InChI=1S/C12H16BFN2/c13-12(15-6-5-14)7-9-8-16-11-4-2-1-3-10(9)11/h1-4,8,12,15-16H,5-7,13H2. The summed E-state index contributed by atoms with van der Waals surface area (Å²) in [6.07, 6.45) is 2.96. The fourth-order valence-corrected chi connectivity index (χ4v) is 2.00. The Balaban J connectivity index is 2.09. The van der Waals surface area contributed by atoms with Gasteiger partial charge in [-0.05, 0) is 24.0 Å². The Morgan fingerprint density at radius 3 is 3.00 bits per heavy atom. The molecule has 2 aromatic rings. The zero-order valence-electron chi connectivity index (χ0n) is 9.46. The third-order valence-electron chi connectivity index (χ3n) is 2.79. The number of benzene rings is 1. The van der Waals surface area contributed by atoms with Gasteiger partial charge in [-0.3, -0.25) is 0 Å². The number of fused-ring (bicyclic) bond motifs is 1. The first-order valence-corrected chi connectivity index (χ1v) is 5.65. The number of aromatic amines is 1. The first-order valence-electron chi connectivity index (χ1n) is 5.65. The first kappa shape index (κ1) is 11.2. The summed E-state index contributed by atoms with van der Waals surface area (Å²) >= 11 is 0. The summed E-state index contributed by atoms with van der Waals surface area (Å²) in [7, 11) is 2.08. The van der Waals surface area contributed by atoms with Crippen LogP contribution in [0.4, 0.5) is 4.39 Å². The minimum Gasteiger partial charge on any atom is -0.361 e. The molecular formula is C12H16BFN2. The van der Waals surface area contributed by atoms with Crippen LogP contribution >= 0.6 is 0 Å². The summed E-state index contributed by atoms with van der Waals surface area (Å²) in [5, 5.41) is 4.41. The van der Waals surface area contributed by atoms with Crippen LogP contribution in [0, 0.1) is 0 Å². The zero-order chi connectivity index (χ0) is 11.4. The number of hydrogen-bond acceptors (Lipinski definition) is 1. The van der Waals surface area contributed by atoms with Crippen molar-refractivity contribution in [2.24, 2.45) is 0 Å². The SMILES string of the molecule is BC(Cc1c[nH]c2ccccc12)NCCF. The molecule has 2 rings (SSSR count). The van der Waals surface area contributed by atoms with Crippen molar-refractivity contribution < 1.29 is 4.39 Å². The molecule has 0 aliphatic rings. The van der Waals surface area contributed by atoms with E-state index in [-0.39, 0.29) is 6.67 Å². The molecule has 0 aliphatic carbocycles. The van der Waals surface area contributed by atoms with Gasteiger partial charge in [-0.25, -0.2) is 4.39 Å². The second kappa shape index (κ2) is 5.17. The number of H-pyrrole nitrogens is 1. The number of para-hydroxylation sites is 1. The third kappa shape index (κ3) is 2.45. The van der Waals surface area contributed by atoms with Gasteiger partial charge >= 0.3 is 0 Å². The lowest BCUT2D eigenvalue weighted by Crippen LogP contribution is -2.32. The highest BCUT2D eigenvalue weighted by Gasteiger charge is 2.07. The van der Waals surface area contributed by atoms with Crippen molar-refractivity contribution in [1.29, 1.82) is 0 Å². The molecular weight excluding hydrogens is 202 g/mol. The quantitative estimate of drug-likeness (QED) is 0.726. The summed E-state index contributed by atoms with van der Waals surface area (Å²) < 4.78 is 12.0. The Bertz CT molecular complexity index is 455. The van der Waals surface area contributed by atoms with Crippen molar-refractivity contribution in [3.05, 3.63) is 36.0 Å². The van der Waals surface area contributed by atoms with E-state index in [1.807, 2.05) is 18.3 Å². The van der Waals surface area contributed by atoms with Crippen LogP contribution in [0.15, 0.2) is 30.5 Å². The molecule has 1 aromatic heterocycles. The van der Waals surface area contributed by atoms with Crippen molar-refractivity contribution >= 4 is 18.7 Å². The van der Waals surface area contributed by atoms with Gasteiger partial charge in [-0.2, -0.15) is 0 Å². The number of halogens is 1. The van der Waals surface area contributed by atoms with Crippen LogP contribution in [0.2, 0.25) is 0 Å². The average Bonchev–Trinajstić information content (AvgIpc) is 2.70. The van der Waals surface area contributed by atoms with Crippen LogP contribution in [0.5, 0.6) is 0 Å². The molecule has 0 radical (unpaired) electrons. The highest BCUT2D eigenvalue weighted by molar-refractivity contribution is 6.12. The van der Waals surface area contributed by atoms with Gasteiger partial charge in [0.25, 0.3) is 0 Å². The van der Waals surface area contributed by atoms with E-state index in [4.69, 9.17) is 0 Å². The largest absolute Gasteiger partial charge is 0.361 e. The minimum absolute atomic E-state index is 0.301. The van der Waals surface area contributed by atoms with E-state index < -0.39 is 0 Å². The van der Waals surface area contributed by atoms with Crippen molar-refractivity contribution in [3.8, 4) is 0 Å². The van der Waals surface area contributed by atoms with E-state index in [1.54, 1.807) is 0 Å². The minimum atomic E-state index is -0.307. The first-order chi connectivity index (χ1) is 7.81. The average molecular weight is 218 g/mol.